The first-order valence-corrected chi connectivity index (χ1v) is 4.72. The van der Waals surface area contributed by atoms with Crippen LogP contribution in [0.3, 0.4) is 0 Å². The van der Waals surface area contributed by atoms with Crippen molar-refractivity contribution >= 4 is 24.8 Å². The minimum absolute atomic E-state index is 0. The van der Waals surface area contributed by atoms with E-state index in [-0.39, 0.29) is 51.0 Å². The number of halogens is 2. The molecule has 0 spiro atoms. The molecule has 0 unspecified atom stereocenters. The number of hydrogen-bond donors (Lipinski definition) is 0. The first-order chi connectivity index (χ1) is 6.58. The normalized spacial score (nSPS) is 7.76. The van der Waals surface area contributed by atoms with E-state index in [4.69, 9.17) is 0 Å². The summed E-state index contributed by atoms with van der Waals surface area (Å²) in [4.78, 5) is 8.22. The van der Waals surface area contributed by atoms with Crippen molar-refractivity contribution in [3.05, 3.63) is 47.0 Å². The van der Waals surface area contributed by atoms with Gasteiger partial charge >= 0.3 is 26.2 Å². The van der Waals surface area contributed by atoms with Gasteiger partial charge in [0.05, 0.1) is 0 Å². The van der Waals surface area contributed by atoms with Gasteiger partial charge in [0, 0.05) is 0 Å². The average Bonchev–Trinajstić information content (AvgIpc) is 2.63. The monoisotopic (exact) mass is 350 g/mol. The Balaban J connectivity index is -0.000000196. The number of rotatable bonds is 0. The maximum atomic E-state index is 4.11. The molecular formula is C12H18Cl2N2Zr. The molecule has 0 N–H and O–H groups in total. The fourth-order valence-corrected chi connectivity index (χ4v) is 1.19. The van der Waals surface area contributed by atoms with E-state index in [9.17, 15) is 0 Å². The molecule has 0 aliphatic rings. The van der Waals surface area contributed by atoms with Crippen LogP contribution in [-0.2, 0) is 26.2 Å². The summed E-state index contributed by atoms with van der Waals surface area (Å²) in [6.07, 6.45) is 0. The Labute approximate surface area is 135 Å². The molecule has 94 valence electrons. The van der Waals surface area contributed by atoms with E-state index in [1.807, 2.05) is 52.0 Å². The Morgan fingerprint density at radius 3 is 1.18 bits per heavy atom. The topological polar surface area (TPSA) is 25.8 Å². The van der Waals surface area contributed by atoms with Gasteiger partial charge in [0.1, 0.15) is 0 Å². The molecule has 0 radical (unpaired) electrons. The van der Waals surface area contributed by atoms with Crippen molar-refractivity contribution in [1.82, 2.24) is 9.97 Å². The molecule has 0 saturated carbocycles. The molecule has 2 aromatic rings. The van der Waals surface area contributed by atoms with Crippen molar-refractivity contribution in [1.29, 1.82) is 0 Å². The summed E-state index contributed by atoms with van der Waals surface area (Å²) in [6.45, 7) is 7.97. The minimum atomic E-state index is 0. The molecule has 0 aromatic carbocycles. The van der Waals surface area contributed by atoms with Crippen LogP contribution in [0.1, 0.15) is 22.8 Å². The van der Waals surface area contributed by atoms with E-state index in [2.05, 4.69) is 9.97 Å². The molecule has 2 aromatic heterocycles. The molecule has 2 heterocycles. The van der Waals surface area contributed by atoms with Crippen molar-refractivity contribution < 1.29 is 26.2 Å². The van der Waals surface area contributed by atoms with E-state index < -0.39 is 0 Å². The van der Waals surface area contributed by atoms with Gasteiger partial charge in [0.25, 0.3) is 0 Å². The zero-order chi connectivity index (χ0) is 10.6. The first kappa shape index (κ1) is 22.2. The van der Waals surface area contributed by atoms with E-state index in [0.29, 0.717) is 0 Å². The van der Waals surface area contributed by atoms with E-state index in [1.54, 1.807) is 0 Å². The predicted octanol–water partition coefficient (Wildman–Crippen LogP) is 3.68. The molecule has 0 amide bonds. The second kappa shape index (κ2) is 11.1. The molecule has 0 aliphatic heterocycles. The maximum absolute atomic E-state index is 4.11. The van der Waals surface area contributed by atoms with Crippen molar-refractivity contribution in [3.8, 4) is 0 Å². The van der Waals surface area contributed by atoms with Gasteiger partial charge in [0.15, 0.2) is 0 Å². The van der Waals surface area contributed by atoms with Gasteiger partial charge in [-0.3, -0.25) is 0 Å². The van der Waals surface area contributed by atoms with Crippen LogP contribution in [0.4, 0.5) is 0 Å². The average molecular weight is 352 g/mol. The molecule has 2 nitrogen and oxygen atoms in total. The standard InChI is InChI=1S/2C6H8N.2ClH.Zr/c2*1-5-3-4-6(2)7-5;;;/h2*3-4H,1-2H3;2*1H;/q2*-1;;;+2. The van der Waals surface area contributed by atoms with Crippen LogP contribution in [0.25, 0.3) is 0 Å². The maximum Gasteiger partial charge on any atom is 2.00 e. The number of aryl methyl sites for hydroxylation is 4. The van der Waals surface area contributed by atoms with Crippen LogP contribution in [0.15, 0.2) is 24.3 Å². The van der Waals surface area contributed by atoms with E-state index in [0.717, 1.165) is 22.8 Å². The summed E-state index contributed by atoms with van der Waals surface area (Å²) in [7, 11) is 0. The Morgan fingerprint density at radius 1 is 0.824 bits per heavy atom. The quantitative estimate of drug-likeness (QED) is 0.676. The molecule has 2 rings (SSSR count). The Kier molecular flexibility index (Phi) is 14.6. The van der Waals surface area contributed by atoms with Crippen LogP contribution in [0.2, 0.25) is 0 Å². The van der Waals surface area contributed by atoms with Crippen LogP contribution >= 0.6 is 24.8 Å². The zero-order valence-electron chi connectivity index (χ0n) is 10.5. The van der Waals surface area contributed by atoms with Gasteiger partial charge in [0.2, 0.25) is 0 Å². The SMILES string of the molecule is Cc1cc[c-](C)n1.Cc1cc[c-](C)n1.Cl.Cl.[Zr+2]. The second-order valence-electron chi connectivity index (χ2n) is 3.46. The Morgan fingerprint density at radius 2 is 1.12 bits per heavy atom. The van der Waals surface area contributed by atoms with Crippen LogP contribution in [-0.4, -0.2) is 9.97 Å². The second-order valence-corrected chi connectivity index (χ2v) is 3.46. The third kappa shape index (κ3) is 9.70. The first-order valence-electron chi connectivity index (χ1n) is 4.72. The van der Waals surface area contributed by atoms with Gasteiger partial charge in [-0.05, 0) is 0 Å². The predicted molar refractivity (Wildman–Crippen MR) is 73.1 cm³/mol. The summed E-state index contributed by atoms with van der Waals surface area (Å²) in [5, 5.41) is 0. The third-order valence-electron chi connectivity index (χ3n) is 1.84. The Hall–Kier alpha value is 0.0231. The molecule has 5 heteroatoms. The summed E-state index contributed by atoms with van der Waals surface area (Å²) in [5.74, 6) is 0. The summed E-state index contributed by atoms with van der Waals surface area (Å²) in [6, 6.07) is 8.04. The summed E-state index contributed by atoms with van der Waals surface area (Å²) >= 11 is 0. The molecule has 0 atom stereocenters. The van der Waals surface area contributed by atoms with Gasteiger partial charge in [-0.15, -0.1) is 36.2 Å². The summed E-state index contributed by atoms with van der Waals surface area (Å²) in [5.41, 5.74) is 4.44. The van der Waals surface area contributed by atoms with Crippen molar-refractivity contribution in [2.24, 2.45) is 0 Å². The van der Waals surface area contributed by atoms with Gasteiger partial charge < -0.3 is 9.97 Å². The fraction of sp³-hybridized carbons (Fsp3) is 0.333. The van der Waals surface area contributed by atoms with Gasteiger partial charge in [-0.1, -0.05) is 39.1 Å². The third-order valence-corrected chi connectivity index (χ3v) is 1.84. The number of nitrogens with zero attached hydrogens (tertiary/aromatic N) is 2. The van der Waals surface area contributed by atoms with Crippen molar-refractivity contribution in [2.75, 3.05) is 0 Å². The van der Waals surface area contributed by atoms with E-state index in [1.165, 1.54) is 0 Å². The van der Waals surface area contributed by atoms with Crippen LogP contribution < -0.4 is 0 Å². The zero-order valence-corrected chi connectivity index (χ0v) is 14.6. The van der Waals surface area contributed by atoms with Crippen molar-refractivity contribution in [3.63, 3.8) is 0 Å². The number of hydrogen-bond acceptors (Lipinski definition) is 2. The van der Waals surface area contributed by atoms with Crippen LogP contribution in [0.5, 0.6) is 0 Å². The number of aromatic nitrogens is 2. The molecule has 0 bridgehead atoms. The van der Waals surface area contributed by atoms with Gasteiger partial charge in [-0.25, -0.2) is 0 Å². The largest absolute Gasteiger partial charge is 2.00 e. The smallest absolute Gasteiger partial charge is 0.397 e. The van der Waals surface area contributed by atoms with Crippen LogP contribution in [0, 0.1) is 27.7 Å². The fourth-order valence-electron chi connectivity index (χ4n) is 1.19. The van der Waals surface area contributed by atoms with Crippen molar-refractivity contribution in [2.45, 2.75) is 27.7 Å². The summed E-state index contributed by atoms with van der Waals surface area (Å²) < 4.78 is 0. The minimum Gasteiger partial charge on any atom is -0.397 e. The van der Waals surface area contributed by atoms with Gasteiger partial charge in [-0.2, -0.15) is 24.3 Å². The molecule has 0 fully saturated rings. The molecular weight excluding hydrogens is 334 g/mol. The molecule has 0 saturated heterocycles. The van der Waals surface area contributed by atoms with E-state index >= 15 is 0 Å². The molecule has 17 heavy (non-hydrogen) atoms. The Bertz CT molecular complexity index is 325. The molecule has 0 aliphatic carbocycles.